The molecule has 1 heterocycles. The number of pyridine rings is 1. The van der Waals surface area contributed by atoms with Gasteiger partial charge in [-0.1, -0.05) is 57.5 Å². The molecule has 2 heteroatoms. The SMILES string of the molecule is CC(C)c1cc(Cl)c2cccc(C(C)C)c2n1. The number of halogens is 1. The normalized spacial score (nSPS) is 11.7. The van der Waals surface area contributed by atoms with Crippen LogP contribution in [0.25, 0.3) is 10.9 Å². The first-order valence-corrected chi connectivity index (χ1v) is 6.47. The first kappa shape index (κ1) is 12.4. The summed E-state index contributed by atoms with van der Waals surface area (Å²) >= 11 is 6.34. The molecule has 2 rings (SSSR count). The van der Waals surface area contributed by atoms with Gasteiger partial charge < -0.3 is 0 Å². The zero-order valence-corrected chi connectivity index (χ0v) is 11.5. The van der Waals surface area contributed by atoms with Crippen LogP contribution in [0.4, 0.5) is 0 Å². The summed E-state index contributed by atoms with van der Waals surface area (Å²) in [7, 11) is 0. The lowest BCUT2D eigenvalue weighted by molar-refractivity contribution is 0.823. The molecule has 0 aliphatic carbocycles. The van der Waals surface area contributed by atoms with Crippen LogP contribution < -0.4 is 0 Å². The van der Waals surface area contributed by atoms with Gasteiger partial charge in [0.15, 0.2) is 0 Å². The molecule has 0 saturated carbocycles. The van der Waals surface area contributed by atoms with E-state index in [0.29, 0.717) is 11.8 Å². The average molecular weight is 248 g/mol. The van der Waals surface area contributed by atoms with E-state index in [9.17, 15) is 0 Å². The minimum absolute atomic E-state index is 0.400. The van der Waals surface area contributed by atoms with Crippen molar-refractivity contribution in [1.29, 1.82) is 0 Å². The second-order valence-corrected chi connectivity index (χ2v) is 5.49. The molecular formula is C15H18ClN. The molecule has 0 aliphatic rings. The van der Waals surface area contributed by atoms with Gasteiger partial charge in [-0.25, -0.2) is 0 Å². The Kier molecular flexibility index (Phi) is 3.39. The lowest BCUT2D eigenvalue weighted by Gasteiger charge is -2.13. The Hall–Kier alpha value is -1.08. The summed E-state index contributed by atoms with van der Waals surface area (Å²) in [5.74, 6) is 0.863. The molecule has 17 heavy (non-hydrogen) atoms. The minimum Gasteiger partial charge on any atom is -0.252 e. The van der Waals surface area contributed by atoms with Crippen LogP contribution in [0.3, 0.4) is 0 Å². The van der Waals surface area contributed by atoms with E-state index >= 15 is 0 Å². The zero-order chi connectivity index (χ0) is 12.6. The van der Waals surface area contributed by atoms with Crippen LogP contribution in [0.2, 0.25) is 5.02 Å². The summed E-state index contributed by atoms with van der Waals surface area (Å²) in [5, 5.41) is 1.86. The van der Waals surface area contributed by atoms with E-state index in [1.807, 2.05) is 12.1 Å². The molecule has 0 unspecified atom stereocenters. The van der Waals surface area contributed by atoms with Gasteiger partial charge >= 0.3 is 0 Å². The molecule has 0 radical (unpaired) electrons. The number of hydrogen-bond acceptors (Lipinski definition) is 1. The number of rotatable bonds is 2. The highest BCUT2D eigenvalue weighted by Crippen LogP contribution is 2.30. The Morgan fingerprint density at radius 1 is 1.06 bits per heavy atom. The van der Waals surface area contributed by atoms with Crippen molar-refractivity contribution in [2.75, 3.05) is 0 Å². The van der Waals surface area contributed by atoms with Crippen molar-refractivity contribution in [1.82, 2.24) is 4.98 Å². The van der Waals surface area contributed by atoms with Gasteiger partial charge in [0.1, 0.15) is 0 Å². The van der Waals surface area contributed by atoms with Crippen molar-refractivity contribution < 1.29 is 0 Å². The van der Waals surface area contributed by atoms with Crippen molar-refractivity contribution >= 4 is 22.5 Å². The Morgan fingerprint density at radius 3 is 2.35 bits per heavy atom. The smallest absolute Gasteiger partial charge is 0.0754 e. The molecule has 1 aromatic heterocycles. The van der Waals surface area contributed by atoms with E-state index in [-0.39, 0.29) is 0 Å². The number of nitrogens with zero attached hydrogens (tertiary/aromatic N) is 1. The zero-order valence-electron chi connectivity index (χ0n) is 10.8. The van der Waals surface area contributed by atoms with E-state index in [4.69, 9.17) is 16.6 Å². The third-order valence-corrected chi connectivity index (χ3v) is 3.37. The van der Waals surface area contributed by atoms with Crippen molar-refractivity contribution in [3.05, 3.63) is 40.5 Å². The maximum atomic E-state index is 6.34. The fourth-order valence-electron chi connectivity index (χ4n) is 2.01. The molecule has 0 aliphatic heterocycles. The highest BCUT2D eigenvalue weighted by atomic mass is 35.5. The number of para-hydroxylation sites is 1. The summed E-state index contributed by atoms with van der Waals surface area (Å²) in [6.45, 7) is 8.66. The van der Waals surface area contributed by atoms with Gasteiger partial charge in [-0.2, -0.15) is 0 Å². The maximum Gasteiger partial charge on any atom is 0.0754 e. The standard InChI is InChI=1S/C15H18ClN/c1-9(2)11-6-5-7-12-13(16)8-14(10(3)4)17-15(11)12/h5-10H,1-4H3. The van der Waals surface area contributed by atoms with Gasteiger partial charge in [-0.3, -0.25) is 4.98 Å². The molecule has 0 N–H and O–H groups in total. The first-order chi connectivity index (χ1) is 8.00. The largest absolute Gasteiger partial charge is 0.252 e. The van der Waals surface area contributed by atoms with Gasteiger partial charge in [-0.05, 0) is 23.5 Å². The van der Waals surface area contributed by atoms with Crippen LogP contribution in [0.1, 0.15) is 50.8 Å². The fraction of sp³-hybridized carbons (Fsp3) is 0.400. The van der Waals surface area contributed by atoms with Gasteiger partial charge in [0.05, 0.1) is 10.5 Å². The topological polar surface area (TPSA) is 12.9 Å². The number of fused-ring (bicyclic) bond motifs is 1. The number of hydrogen-bond donors (Lipinski definition) is 0. The van der Waals surface area contributed by atoms with E-state index in [0.717, 1.165) is 21.6 Å². The molecule has 1 nitrogen and oxygen atoms in total. The van der Waals surface area contributed by atoms with Gasteiger partial charge in [0.2, 0.25) is 0 Å². The second kappa shape index (κ2) is 4.66. The Labute approximate surface area is 108 Å². The summed E-state index contributed by atoms with van der Waals surface area (Å²) in [4.78, 5) is 4.77. The summed E-state index contributed by atoms with van der Waals surface area (Å²) in [6.07, 6.45) is 0. The van der Waals surface area contributed by atoms with Gasteiger partial charge in [-0.15, -0.1) is 0 Å². The highest BCUT2D eigenvalue weighted by molar-refractivity contribution is 6.35. The summed E-state index contributed by atoms with van der Waals surface area (Å²) in [5.41, 5.74) is 3.39. The molecule has 90 valence electrons. The third-order valence-electron chi connectivity index (χ3n) is 3.05. The van der Waals surface area contributed by atoms with E-state index in [1.165, 1.54) is 5.56 Å². The molecule has 0 saturated heterocycles. The summed E-state index contributed by atoms with van der Waals surface area (Å²) < 4.78 is 0. The van der Waals surface area contributed by atoms with Crippen LogP contribution in [-0.2, 0) is 0 Å². The Bertz CT molecular complexity index is 544. The number of aromatic nitrogens is 1. The van der Waals surface area contributed by atoms with Crippen molar-refractivity contribution in [3.8, 4) is 0 Å². The van der Waals surface area contributed by atoms with E-state index in [1.54, 1.807) is 0 Å². The third kappa shape index (κ3) is 2.30. The van der Waals surface area contributed by atoms with Crippen molar-refractivity contribution in [2.24, 2.45) is 0 Å². The molecule has 0 amide bonds. The maximum absolute atomic E-state index is 6.34. The van der Waals surface area contributed by atoms with Crippen molar-refractivity contribution in [3.63, 3.8) is 0 Å². The molecule has 2 aromatic rings. The lowest BCUT2D eigenvalue weighted by Crippen LogP contribution is -1.97. The highest BCUT2D eigenvalue weighted by Gasteiger charge is 2.11. The fourth-order valence-corrected chi connectivity index (χ4v) is 2.27. The van der Waals surface area contributed by atoms with E-state index in [2.05, 4.69) is 39.8 Å². The Morgan fingerprint density at radius 2 is 1.76 bits per heavy atom. The van der Waals surface area contributed by atoms with Crippen LogP contribution in [-0.4, -0.2) is 4.98 Å². The van der Waals surface area contributed by atoms with Crippen LogP contribution >= 0.6 is 11.6 Å². The van der Waals surface area contributed by atoms with Crippen LogP contribution in [0.5, 0.6) is 0 Å². The summed E-state index contributed by atoms with van der Waals surface area (Å²) in [6, 6.07) is 8.22. The lowest BCUT2D eigenvalue weighted by atomic mass is 9.98. The molecule has 0 fully saturated rings. The van der Waals surface area contributed by atoms with Crippen molar-refractivity contribution in [2.45, 2.75) is 39.5 Å². The quantitative estimate of drug-likeness (QED) is 0.717. The first-order valence-electron chi connectivity index (χ1n) is 6.09. The predicted molar refractivity (Wildman–Crippen MR) is 74.9 cm³/mol. The minimum atomic E-state index is 0.400. The number of benzene rings is 1. The van der Waals surface area contributed by atoms with Crippen LogP contribution in [0, 0.1) is 0 Å². The van der Waals surface area contributed by atoms with Gasteiger partial charge in [0.25, 0.3) is 0 Å². The molecule has 0 spiro atoms. The molecule has 1 aromatic carbocycles. The predicted octanol–water partition coefficient (Wildman–Crippen LogP) is 5.14. The van der Waals surface area contributed by atoms with Gasteiger partial charge in [0, 0.05) is 11.1 Å². The molecule has 0 bridgehead atoms. The Balaban J connectivity index is 2.78. The average Bonchev–Trinajstić information content (AvgIpc) is 2.27. The monoisotopic (exact) mass is 247 g/mol. The van der Waals surface area contributed by atoms with E-state index < -0.39 is 0 Å². The van der Waals surface area contributed by atoms with Crippen LogP contribution in [0.15, 0.2) is 24.3 Å². The molecular weight excluding hydrogens is 230 g/mol. The second-order valence-electron chi connectivity index (χ2n) is 5.08. The molecule has 0 atom stereocenters.